The van der Waals surface area contributed by atoms with Gasteiger partial charge in [0.25, 0.3) is 0 Å². The molecule has 234 valence electrons. The Balaban J connectivity index is 1.57. The van der Waals surface area contributed by atoms with Gasteiger partial charge in [0.2, 0.25) is 11.5 Å². The van der Waals surface area contributed by atoms with Crippen LogP contribution in [-0.2, 0) is 16.8 Å². The molecule has 0 saturated heterocycles. The molecule has 2 atom stereocenters. The molecule has 0 bridgehead atoms. The molecule has 4 rings (SSSR count). The van der Waals surface area contributed by atoms with Crippen molar-refractivity contribution in [3.8, 4) is 0 Å². The lowest BCUT2D eigenvalue weighted by atomic mass is 9.80. The summed E-state index contributed by atoms with van der Waals surface area (Å²) in [6.45, 7) is 2.24. The van der Waals surface area contributed by atoms with Crippen LogP contribution in [-0.4, -0.2) is 53.3 Å². The van der Waals surface area contributed by atoms with E-state index in [0.717, 1.165) is 62.6 Å². The van der Waals surface area contributed by atoms with Crippen LogP contribution in [0, 0.1) is 0 Å². The number of anilines is 1. The van der Waals surface area contributed by atoms with Crippen molar-refractivity contribution in [3.05, 3.63) is 75.0 Å². The predicted octanol–water partition coefficient (Wildman–Crippen LogP) is 7.35. The Bertz CT molecular complexity index is 1450. The maximum Gasteiger partial charge on any atom is 0.416 e. The van der Waals surface area contributed by atoms with Crippen LogP contribution in [0.3, 0.4) is 0 Å². The number of amides is 1. The molecule has 10 heteroatoms. The molecule has 0 spiro atoms. The lowest BCUT2D eigenvalue weighted by Gasteiger charge is -2.42. The molecular weight excluding hydrogens is 579 g/mol. The van der Waals surface area contributed by atoms with Crippen LogP contribution in [0.5, 0.6) is 0 Å². The number of alkyl halides is 3. The van der Waals surface area contributed by atoms with E-state index < -0.39 is 24.4 Å². The van der Waals surface area contributed by atoms with E-state index in [2.05, 4.69) is 11.9 Å². The van der Waals surface area contributed by atoms with Crippen LogP contribution in [0.2, 0.25) is 5.02 Å². The van der Waals surface area contributed by atoms with Crippen molar-refractivity contribution >= 4 is 34.1 Å². The van der Waals surface area contributed by atoms with Crippen molar-refractivity contribution in [2.24, 2.45) is 0 Å². The number of aliphatic hydroxyl groups is 1. The topological polar surface area (TPSA) is 76.6 Å². The first-order valence-corrected chi connectivity index (χ1v) is 15.5. The van der Waals surface area contributed by atoms with Crippen molar-refractivity contribution in [1.29, 1.82) is 0 Å². The van der Waals surface area contributed by atoms with Crippen molar-refractivity contribution in [3.63, 3.8) is 0 Å². The number of aliphatic hydroxyl groups excluding tert-OH is 1. The third kappa shape index (κ3) is 7.55. The summed E-state index contributed by atoms with van der Waals surface area (Å²) in [4.78, 5) is 30.7. The van der Waals surface area contributed by atoms with Crippen LogP contribution in [0.25, 0.3) is 10.9 Å². The van der Waals surface area contributed by atoms with Gasteiger partial charge in [-0.2, -0.15) is 13.2 Å². The van der Waals surface area contributed by atoms with E-state index in [-0.39, 0.29) is 16.5 Å². The number of carbonyl (C=O) groups is 1. The third-order valence-corrected chi connectivity index (χ3v) is 8.92. The third-order valence-electron chi connectivity index (χ3n) is 8.62. The number of nitrogens with one attached hydrogen (secondary N) is 1. The Morgan fingerprint density at radius 1 is 1.09 bits per heavy atom. The summed E-state index contributed by atoms with van der Waals surface area (Å²) in [6.07, 6.45) is 0.360. The van der Waals surface area contributed by atoms with Crippen LogP contribution < -0.4 is 10.5 Å². The molecule has 1 aliphatic heterocycles. The van der Waals surface area contributed by atoms with Gasteiger partial charge in [0.15, 0.2) is 6.10 Å². The summed E-state index contributed by atoms with van der Waals surface area (Å²) < 4.78 is 41.2. The number of aromatic amines is 1. The fraction of sp³-hybridized carbons (Fsp3) is 0.515. The van der Waals surface area contributed by atoms with Gasteiger partial charge in [0.1, 0.15) is 0 Å². The van der Waals surface area contributed by atoms with E-state index in [0.29, 0.717) is 35.9 Å². The van der Waals surface area contributed by atoms with E-state index in [4.69, 9.17) is 11.6 Å². The number of hydrogen-bond donors (Lipinski definition) is 2. The molecular formula is C33H41ClF3N3O3. The molecule has 1 amide bonds. The standard InChI is InChI=1S/C33H41ClF3N3O3/c1-3-4-19-39(2)30(43)15-11-6-5-7-12-18-32(23-13-9-8-10-14-23)21-24-27(40(32)22-28(41)33(35,36)37)17-16-26-31(24)25(34)20-29(42)38-26/h8-10,13-14,16-17,20,28,41H,3-7,11-12,15,18-19,21-22H2,1-2H3,(H,38,42)/t28-,32?/m0/s1. The number of aromatic nitrogens is 1. The van der Waals surface area contributed by atoms with Crippen molar-refractivity contribution in [2.45, 2.75) is 89.0 Å². The molecule has 2 aromatic carbocycles. The van der Waals surface area contributed by atoms with Crippen molar-refractivity contribution in [1.82, 2.24) is 9.88 Å². The number of halogens is 4. The highest BCUT2D eigenvalue weighted by molar-refractivity contribution is 6.35. The van der Waals surface area contributed by atoms with Gasteiger partial charge < -0.3 is 19.9 Å². The minimum absolute atomic E-state index is 0.159. The molecule has 2 N–H and O–H groups in total. The number of carbonyl (C=O) groups excluding carboxylic acids is 1. The van der Waals surface area contributed by atoms with E-state index in [9.17, 15) is 27.9 Å². The molecule has 0 aliphatic carbocycles. The summed E-state index contributed by atoms with van der Waals surface area (Å²) in [7, 11) is 1.84. The second kappa shape index (κ2) is 14.2. The number of fused-ring (bicyclic) bond motifs is 3. The van der Waals surface area contributed by atoms with E-state index in [1.807, 2.05) is 37.4 Å². The van der Waals surface area contributed by atoms with E-state index in [1.54, 1.807) is 21.9 Å². The van der Waals surface area contributed by atoms with Crippen LogP contribution >= 0.6 is 11.6 Å². The van der Waals surface area contributed by atoms with Crippen molar-refractivity contribution in [2.75, 3.05) is 25.0 Å². The number of hydrogen-bond acceptors (Lipinski definition) is 4. The Labute approximate surface area is 255 Å². The average Bonchev–Trinajstić information content (AvgIpc) is 3.28. The number of nitrogens with zero attached hydrogens (tertiary/aromatic N) is 2. The number of benzene rings is 2. The molecule has 0 fully saturated rings. The summed E-state index contributed by atoms with van der Waals surface area (Å²) in [5, 5.41) is 11.1. The largest absolute Gasteiger partial charge is 0.416 e. The maximum absolute atomic E-state index is 13.7. The zero-order valence-electron chi connectivity index (χ0n) is 24.9. The molecule has 3 aromatic rings. The highest BCUT2D eigenvalue weighted by Gasteiger charge is 2.49. The molecule has 1 aliphatic rings. The molecule has 1 aromatic heterocycles. The first-order chi connectivity index (χ1) is 20.5. The quantitative estimate of drug-likeness (QED) is 0.185. The summed E-state index contributed by atoms with van der Waals surface area (Å²) in [6, 6.07) is 14.1. The maximum atomic E-state index is 13.7. The van der Waals surface area contributed by atoms with E-state index in [1.165, 1.54) is 6.07 Å². The number of β-amino-alcohol motifs (C(OH)–C–C–N with tert-alkyl or cyclic N) is 1. The molecule has 0 saturated carbocycles. The smallest absolute Gasteiger partial charge is 0.382 e. The highest BCUT2D eigenvalue weighted by Crippen LogP contribution is 2.51. The van der Waals surface area contributed by atoms with Gasteiger partial charge >= 0.3 is 6.18 Å². The average molecular weight is 620 g/mol. The van der Waals surface area contributed by atoms with Crippen LogP contribution in [0.1, 0.15) is 75.8 Å². The SMILES string of the molecule is CCCCN(C)C(=O)CCCCCCCC1(c2ccccc2)Cc2c(ccc3[nH]c(=O)cc(Cl)c23)N1C[C@H](O)C(F)(F)F. The van der Waals surface area contributed by atoms with Gasteiger partial charge in [-0.1, -0.05) is 81.0 Å². The molecule has 6 nitrogen and oxygen atoms in total. The molecule has 43 heavy (non-hydrogen) atoms. The highest BCUT2D eigenvalue weighted by atomic mass is 35.5. The van der Waals surface area contributed by atoms with Gasteiger partial charge in [-0.05, 0) is 42.5 Å². The van der Waals surface area contributed by atoms with Gasteiger partial charge in [-0.3, -0.25) is 9.59 Å². The lowest BCUT2D eigenvalue weighted by molar-refractivity contribution is -0.200. The normalized spacial score (nSPS) is 17.3. The van der Waals surface area contributed by atoms with Gasteiger partial charge in [0, 0.05) is 43.6 Å². The number of unbranched alkanes of at least 4 members (excludes halogenated alkanes) is 5. The number of pyridine rings is 1. The Morgan fingerprint density at radius 2 is 1.79 bits per heavy atom. The zero-order chi connectivity index (χ0) is 31.2. The molecule has 1 unspecified atom stereocenters. The zero-order valence-corrected chi connectivity index (χ0v) is 25.6. The first kappa shape index (κ1) is 32.9. The minimum atomic E-state index is -4.78. The Morgan fingerprint density at radius 3 is 2.49 bits per heavy atom. The van der Waals surface area contributed by atoms with Gasteiger partial charge in [0.05, 0.1) is 22.6 Å². The fourth-order valence-electron chi connectivity index (χ4n) is 6.28. The summed E-state index contributed by atoms with van der Waals surface area (Å²) >= 11 is 6.56. The van der Waals surface area contributed by atoms with Gasteiger partial charge in [-0.25, -0.2) is 0 Å². The lowest BCUT2D eigenvalue weighted by Crippen LogP contribution is -2.50. The first-order valence-electron chi connectivity index (χ1n) is 15.1. The minimum Gasteiger partial charge on any atom is -0.382 e. The molecule has 0 radical (unpaired) electrons. The number of H-pyrrole nitrogens is 1. The van der Waals surface area contributed by atoms with Crippen molar-refractivity contribution < 1.29 is 23.1 Å². The summed E-state index contributed by atoms with van der Waals surface area (Å²) in [5.74, 6) is 0.159. The monoisotopic (exact) mass is 619 g/mol. The second-order valence-electron chi connectivity index (χ2n) is 11.6. The molecule has 2 heterocycles. The second-order valence-corrected chi connectivity index (χ2v) is 12.1. The van der Waals surface area contributed by atoms with Gasteiger partial charge in [-0.15, -0.1) is 0 Å². The van der Waals surface area contributed by atoms with Crippen LogP contribution in [0.4, 0.5) is 18.9 Å². The summed E-state index contributed by atoms with van der Waals surface area (Å²) in [5.41, 5.74) is 1.48. The van der Waals surface area contributed by atoms with E-state index >= 15 is 0 Å². The fourth-order valence-corrected chi connectivity index (χ4v) is 6.59. The predicted molar refractivity (Wildman–Crippen MR) is 166 cm³/mol. The Hall–Kier alpha value is -3.04. The number of rotatable bonds is 14. The van der Waals surface area contributed by atoms with Crippen LogP contribution in [0.15, 0.2) is 53.3 Å². The Kier molecular flexibility index (Phi) is 10.8.